The molecule has 34 heavy (non-hydrogen) atoms. The quantitative estimate of drug-likeness (QED) is 0.623. The van der Waals surface area contributed by atoms with Crippen LogP contribution in [0.5, 0.6) is 0 Å². The molecule has 0 bridgehead atoms. The lowest BCUT2D eigenvalue weighted by atomic mass is 9.67. The number of benzene rings is 1. The number of hydrogen-bond acceptors (Lipinski definition) is 6. The van der Waals surface area contributed by atoms with Crippen LogP contribution in [0.3, 0.4) is 0 Å². The largest absolute Gasteiger partial charge is 0.444 e. The van der Waals surface area contributed by atoms with Gasteiger partial charge >= 0.3 is 6.09 Å². The highest BCUT2D eigenvalue weighted by molar-refractivity contribution is 5.70. The molecule has 0 spiro atoms. The van der Waals surface area contributed by atoms with Crippen molar-refractivity contribution in [1.82, 2.24) is 15.0 Å². The number of nitrogens with zero attached hydrogens (tertiary/aromatic N) is 3. The van der Waals surface area contributed by atoms with Gasteiger partial charge in [0.25, 0.3) is 0 Å². The third kappa shape index (κ3) is 4.85. The number of hydrogen-bond donors (Lipinski definition) is 1. The first-order valence-corrected chi connectivity index (χ1v) is 12.9. The molecule has 2 aromatic rings. The van der Waals surface area contributed by atoms with Crippen LogP contribution in [0, 0.1) is 0 Å². The fourth-order valence-electron chi connectivity index (χ4n) is 5.59. The Morgan fingerprint density at radius 3 is 2.50 bits per heavy atom. The SMILES string of the molecule is CC(C)(C)OC(=O)N(CC1(c2noc([C@H]3CC[C@@H](N)CC3)n2)CCC1)[C@@H]1C[C@H]1c1ccccc1. The van der Waals surface area contributed by atoms with Gasteiger partial charge in [-0.3, -0.25) is 0 Å². The van der Waals surface area contributed by atoms with Gasteiger partial charge in [-0.05, 0) is 71.3 Å². The fourth-order valence-corrected chi connectivity index (χ4v) is 5.59. The van der Waals surface area contributed by atoms with E-state index >= 15 is 0 Å². The van der Waals surface area contributed by atoms with E-state index in [-0.39, 0.29) is 23.6 Å². The molecule has 3 aliphatic carbocycles. The van der Waals surface area contributed by atoms with Crippen molar-refractivity contribution in [1.29, 1.82) is 0 Å². The molecule has 2 N–H and O–H groups in total. The van der Waals surface area contributed by atoms with Gasteiger partial charge in [-0.15, -0.1) is 0 Å². The molecule has 184 valence electrons. The smallest absolute Gasteiger partial charge is 0.410 e. The van der Waals surface area contributed by atoms with E-state index in [2.05, 4.69) is 29.4 Å². The lowest BCUT2D eigenvalue weighted by Gasteiger charge is -2.43. The average molecular weight is 467 g/mol. The first-order valence-electron chi connectivity index (χ1n) is 12.9. The van der Waals surface area contributed by atoms with Crippen molar-refractivity contribution in [2.75, 3.05) is 6.54 Å². The molecule has 1 heterocycles. The molecule has 7 nitrogen and oxygen atoms in total. The molecule has 3 saturated carbocycles. The molecule has 0 aliphatic heterocycles. The standard InChI is InChI=1S/C27H38N4O3/c1-26(2,3)33-25(32)31(22-16-21(22)18-8-5-4-6-9-18)17-27(14-7-15-27)24-29-23(34-30-24)19-10-12-20(28)13-11-19/h4-6,8-9,19-22H,7,10-17,28H2,1-3H3/t19-,20+,21-,22+/m0/s1. The van der Waals surface area contributed by atoms with Crippen LogP contribution in [0.4, 0.5) is 4.79 Å². The molecule has 1 aromatic carbocycles. The van der Waals surface area contributed by atoms with Gasteiger partial charge in [-0.1, -0.05) is 41.9 Å². The Morgan fingerprint density at radius 2 is 1.88 bits per heavy atom. The second kappa shape index (κ2) is 8.99. The lowest BCUT2D eigenvalue weighted by molar-refractivity contribution is 0.0123. The van der Waals surface area contributed by atoms with Crippen LogP contribution in [0.2, 0.25) is 0 Å². The summed E-state index contributed by atoms with van der Waals surface area (Å²) in [5.74, 6) is 2.14. The Bertz CT molecular complexity index is 987. The lowest BCUT2D eigenvalue weighted by Crippen LogP contribution is -2.50. The molecule has 2 atom stereocenters. The van der Waals surface area contributed by atoms with Gasteiger partial charge in [0.2, 0.25) is 5.89 Å². The Balaban J connectivity index is 1.36. The minimum atomic E-state index is -0.541. The summed E-state index contributed by atoms with van der Waals surface area (Å²) in [5, 5.41) is 4.45. The highest BCUT2D eigenvalue weighted by Crippen LogP contribution is 2.49. The van der Waals surface area contributed by atoms with Crippen LogP contribution in [0.25, 0.3) is 0 Å². The van der Waals surface area contributed by atoms with Crippen molar-refractivity contribution in [2.24, 2.45) is 5.73 Å². The van der Waals surface area contributed by atoms with Gasteiger partial charge in [-0.25, -0.2) is 4.79 Å². The highest BCUT2D eigenvalue weighted by Gasteiger charge is 2.52. The number of nitrogens with two attached hydrogens (primary N) is 1. The average Bonchev–Trinajstić information content (AvgIpc) is 3.40. The van der Waals surface area contributed by atoms with Crippen molar-refractivity contribution in [2.45, 2.75) is 107 Å². The molecule has 5 rings (SSSR count). The summed E-state index contributed by atoms with van der Waals surface area (Å²) in [7, 11) is 0. The molecule has 0 unspecified atom stereocenters. The predicted molar refractivity (Wildman–Crippen MR) is 130 cm³/mol. The van der Waals surface area contributed by atoms with Gasteiger partial charge in [-0.2, -0.15) is 4.98 Å². The van der Waals surface area contributed by atoms with Crippen LogP contribution in [0.1, 0.15) is 101 Å². The third-order valence-corrected chi connectivity index (χ3v) is 7.83. The number of aromatic nitrogens is 2. The summed E-state index contributed by atoms with van der Waals surface area (Å²) in [6.45, 7) is 6.34. The number of ether oxygens (including phenoxy) is 1. The molecule has 3 fully saturated rings. The minimum absolute atomic E-state index is 0.140. The second-order valence-electron chi connectivity index (χ2n) is 11.6. The molecule has 3 aliphatic rings. The van der Waals surface area contributed by atoms with E-state index in [1.165, 1.54) is 5.56 Å². The van der Waals surface area contributed by atoms with E-state index < -0.39 is 5.60 Å². The molecular weight excluding hydrogens is 428 g/mol. The summed E-state index contributed by atoms with van der Waals surface area (Å²) in [6, 6.07) is 10.9. The van der Waals surface area contributed by atoms with Crippen molar-refractivity contribution in [3.05, 3.63) is 47.6 Å². The molecule has 0 saturated heterocycles. The molecule has 0 radical (unpaired) electrons. The van der Waals surface area contributed by atoms with Crippen molar-refractivity contribution >= 4 is 6.09 Å². The van der Waals surface area contributed by atoms with E-state index in [9.17, 15) is 4.79 Å². The number of carbonyl (C=O) groups is 1. The van der Waals surface area contributed by atoms with Crippen molar-refractivity contribution in [3.8, 4) is 0 Å². The Hall–Kier alpha value is -2.41. The summed E-state index contributed by atoms with van der Waals surface area (Å²) in [4.78, 5) is 20.2. The monoisotopic (exact) mass is 466 g/mol. The third-order valence-electron chi connectivity index (χ3n) is 7.83. The maximum absolute atomic E-state index is 13.4. The van der Waals surface area contributed by atoms with E-state index in [1.807, 2.05) is 31.7 Å². The van der Waals surface area contributed by atoms with Crippen LogP contribution in [-0.4, -0.2) is 45.4 Å². The van der Waals surface area contributed by atoms with Crippen LogP contribution >= 0.6 is 0 Å². The Morgan fingerprint density at radius 1 is 1.18 bits per heavy atom. The van der Waals surface area contributed by atoms with Gasteiger partial charge in [0.15, 0.2) is 5.82 Å². The summed E-state index contributed by atoms with van der Waals surface area (Å²) >= 11 is 0. The number of rotatable bonds is 6. The maximum atomic E-state index is 13.4. The van der Waals surface area contributed by atoms with Crippen LogP contribution in [0.15, 0.2) is 34.9 Å². The molecule has 1 aromatic heterocycles. The van der Waals surface area contributed by atoms with Crippen molar-refractivity contribution in [3.63, 3.8) is 0 Å². The topological polar surface area (TPSA) is 94.5 Å². The normalized spacial score (nSPS) is 28.1. The fraction of sp³-hybridized carbons (Fsp3) is 0.667. The highest BCUT2D eigenvalue weighted by atomic mass is 16.6. The van der Waals surface area contributed by atoms with Crippen LogP contribution < -0.4 is 5.73 Å². The van der Waals surface area contributed by atoms with E-state index in [0.717, 1.165) is 63.1 Å². The molecule has 7 heteroatoms. The molecule has 1 amide bonds. The Kier molecular flexibility index (Phi) is 6.17. The summed E-state index contributed by atoms with van der Waals surface area (Å²) in [5.41, 5.74) is 6.56. The van der Waals surface area contributed by atoms with Gasteiger partial charge in [0, 0.05) is 30.5 Å². The minimum Gasteiger partial charge on any atom is -0.444 e. The Labute approximate surface area is 202 Å². The van der Waals surface area contributed by atoms with Crippen LogP contribution in [-0.2, 0) is 10.2 Å². The van der Waals surface area contributed by atoms with Gasteiger partial charge < -0.3 is 19.9 Å². The van der Waals surface area contributed by atoms with E-state index in [1.54, 1.807) is 0 Å². The van der Waals surface area contributed by atoms with E-state index in [4.69, 9.17) is 20.0 Å². The predicted octanol–water partition coefficient (Wildman–Crippen LogP) is 5.27. The van der Waals surface area contributed by atoms with Crippen molar-refractivity contribution < 1.29 is 14.1 Å². The zero-order valence-electron chi connectivity index (χ0n) is 20.7. The zero-order valence-corrected chi connectivity index (χ0v) is 20.7. The van der Waals surface area contributed by atoms with Gasteiger partial charge in [0.1, 0.15) is 5.60 Å². The maximum Gasteiger partial charge on any atom is 0.410 e. The summed E-state index contributed by atoms with van der Waals surface area (Å²) in [6.07, 6.45) is 7.75. The first kappa shape index (κ1) is 23.3. The zero-order chi connectivity index (χ0) is 23.9. The molecular formula is C27H38N4O3. The number of amides is 1. The number of carbonyl (C=O) groups excluding carboxylic acids is 1. The van der Waals surface area contributed by atoms with Gasteiger partial charge in [0.05, 0.1) is 5.41 Å². The first-order chi connectivity index (χ1) is 16.2. The summed E-state index contributed by atoms with van der Waals surface area (Å²) < 4.78 is 11.6. The van der Waals surface area contributed by atoms with E-state index in [0.29, 0.717) is 18.4 Å². The second-order valence-corrected chi connectivity index (χ2v) is 11.6.